The Kier molecular flexibility index (Phi) is 8.76. The average Bonchev–Trinajstić information content (AvgIpc) is 2.79. The number of nitrogens with zero attached hydrogens (tertiary/aromatic N) is 1. The van der Waals surface area contributed by atoms with Gasteiger partial charge in [0, 0.05) is 19.0 Å². The highest BCUT2D eigenvalue weighted by atomic mass is 35.5. The van der Waals surface area contributed by atoms with Crippen LogP contribution in [0.5, 0.6) is 0 Å². The molecular weight excluding hydrogens is 455 g/mol. The minimum atomic E-state index is -0.568. The number of carbonyl (C=O) groups is 2. The van der Waals surface area contributed by atoms with Crippen LogP contribution in [0.25, 0.3) is 10.8 Å². The van der Waals surface area contributed by atoms with Crippen LogP contribution in [-0.4, -0.2) is 28.8 Å². The summed E-state index contributed by atoms with van der Waals surface area (Å²) in [6, 6.07) is 19.0. The molecule has 174 valence electrons. The van der Waals surface area contributed by atoms with Crippen molar-refractivity contribution in [2.75, 3.05) is 0 Å². The lowest BCUT2D eigenvalue weighted by atomic mass is 10.00. The summed E-state index contributed by atoms with van der Waals surface area (Å²) in [6.07, 6.45) is 1.42. The third kappa shape index (κ3) is 6.49. The van der Waals surface area contributed by atoms with E-state index in [0.717, 1.165) is 21.9 Å². The van der Waals surface area contributed by atoms with Crippen LogP contribution in [0, 0.1) is 0 Å². The summed E-state index contributed by atoms with van der Waals surface area (Å²) >= 11 is 12.3. The van der Waals surface area contributed by atoms with E-state index in [1.807, 2.05) is 45.0 Å². The zero-order chi connectivity index (χ0) is 24.0. The van der Waals surface area contributed by atoms with Crippen LogP contribution >= 0.6 is 23.2 Å². The van der Waals surface area contributed by atoms with Gasteiger partial charge in [0.2, 0.25) is 11.8 Å². The zero-order valence-electron chi connectivity index (χ0n) is 19.3. The molecule has 0 unspecified atom stereocenters. The van der Waals surface area contributed by atoms with Crippen LogP contribution in [0.2, 0.25) is 10.0 Å². The van der Waals surface area contributed by atoms with Crippen molar-refractivity contribution in [3.8, 4) is 0 Å². The highest BCUT2D eigenvalue weighted by molar-refractivity contribution is 6.42. The average molecular weight is 485 g/mol. The Bertz CT molecular complexity index is 1120. The van der Waals surface area contributed by atoms with Crippen molar-refractivity contribution in [3.05, 3.63) is 81.8 Å². The second kappa shape index (κ2) is 11.5. The van der Waals surface area contributed by atoms with E-state index < -0.39 is 6.04 Å². The molecule has 0 heterocycles. The summed E-state index contributed by atoms with van der Waals surface area (Å²) in [5, 5.41) is 6.14. The molecule has 0 aliphatic rings. The first-order chi connectivity index (χ1) is 15.8. The predicted molar refractivity (Wildman–Crippen MR) is 137 cm³/mol. The second-order valence-electron chi connectivity index (χ2n) is 8.50. The molecule has 1 N–H and O–H groups in total. The predicted octanol–water partition coefficient (Wildman–Crippen LogP) is 6.41. The maximum atomic E-state index is 13.5. The van der Waals surface area contributed by atoms with Crippen LogP contribution in [-0.2, 0) is 22.6 Å². The summed E-state index contributed by atoms with van der Waals surface area (Å²) < 4.78 is 0. The van der Waals surface area contributed by atoms with Gasteiger partial charge >= 0.3 is 0 Å². The largest absolute Gasteiger partial charge is 0.352 e. The molecule has 0 bridgehead atoms. The van der Waals surface area contributed by atoms with Crippen LogP contribution in [0.3, 0.4) is 0 Å². The van der Waals surface area contributed by atoms with E-state index in [0.29, 0.717) is 29.3 Å². The molecule has 3 rings (SSSR count). The molecular formula is C27H30Cl2N2O2. The molecule has 33 heavy (non-hydrogen) atoms. The molecule has 0 saturated carbocycles. The number of fused-ring (bicyclic) bond motifs is 1. The number of hydrogen-bond donors (Lipinski definition) is 1. The number of carbonyl (C=O) groups excluding carboxylic acids is 2. The van der Waals surface area contributed by atoms with Crippen molar-refractivity contribution in [1.29, 1.82) is 0 Å². The van der Waals surface area contributed by atoms with Gasteiger partial charge in [0.15, 0.2) is 0 Å². The summed E-state index contributed by atoms with van der Waals surface area (Å²) in [5.74, 6) is -0.217. The van der Waals surface area contributed by atoms with Crippen LogP contribution in [0.15, 0.2) is 60.7 Å². The van der Waals surface area contributed by atoms with Gasteiger partial charge in [-0.2, -0.15) is 0 Å². The lowest BCUT2D eigenvalue weighted by Gasteiger charge is -2.31. The normalized spacial score (nSPS) is 12.1. The molecule has 0 aromatic heterocycles. The van der Waals surface area contributed by atoms with Crippen LogP contribution < -0.4 is 5.32 Å². The smallest absolute Gasteiger partial charge is 0.243 e. The lowest BCUT2D eigenvalue weighted by molar-refractivity contribution is -0.141. The fourth-order valence-corrected chi connectivity index (χ4v) is 4.35. The molecule has 2 amide bonds. The van der Waals surface area contributed by atoms with E-state index in [1.54, 1.807) is 17.0 Å². The molecule has 0 spiro atoms. The summed E-state index contributed by atoms with van der Waals surface area (Å²) in [4.78, 5) is 28.1. The Morgan fingerprint density at radius 2 is 1.70 bits per heavy atom. The third-order valence-electron chi connectivity index (χ3n) is 5.64. The molecule has 0 radical (unpaired) electrons. The summed E-state index contributed by atoms with van der Waals surface area (Å²) in [5.41, 5.74) is 1.95. The van der Waals surface area contributed by atoms with Gasteiger partial charge in [-0.25, -0.2) is 0 Å². The molecule has 6 heteroatoms. The first-order valence-electron chi connectivity index (χ1n) is 11.3. The highest BCUT2D eigenvalue weighted by Crippen LogP contribution is 2.25. The van der Waals surface area contributed by atoms with E-state index in [2.05, 4.69) is 29.6 Å². The Morgan fingerprint density at radius 3 is 2.39 bits per heavy atom. The van der Waals surface area contributed by atoms with Crippen LogP contribution in [0.1, 0.15) is 44.7 Å². The molecule has 0 saturated heterocycles. The minimum Gasteiger partial charge on any atom is -0.352 e. The first kappa shape index (κ1) is 25.1. The fraction of sp³-hybridized carbons (Fsp3) is 0.333. The van der Waals surface area contributed by atoms with Crippen molar-refractivity contribution >= 4 is 45.8 Å². The van der Waals surface area contributed by atoms with Gasteiger partial charge in [0.25, 0.3) is 0 Å². The number of aryl methyl sites for hydroxylation is 1. The number of halogens is 2. The minimum absolute atomic E-state index is 0.0100. The number of amides is 2. The summed E-state index contributed by atoms with van der Waals surface area (Å²) in [7, 11) is 0. The molecule has 4 nitrogen and oxygen atoms in total. The number of benzene rings is 3. The first-order valence-corrected chi connectivity index (χ1v) is 12.1. The molecule has 0 aliphatic carbocycles. The monoisotopic (exact) mass is 484 g/mol. The van der Waals surface area contributed by atoms with Crippen molar-refractivity contribution in [1.82, 2.24) is 10.2 Å². The number of hydrogen-bond acceptors (Lipinski definition) is 2. The Morgan fingerprint density at radius 1 is 0.970 bits per heavy atom. The fourth-order valence-electron chi connectivity index (χ4n) is 4.03. The van der Waals surface area contributed by atoms with Gasteiger partial charge in [-0.1, -0.05) is 78.7 Å². The van der Waals surface area contributed by atoms with Crippen LogP contribution in [0.4, 0.5) is 0 Å². The van der Waals surface area contributed by atoms with Gasteiger partial charge in [0.1, 0.15) is 6.04 Å². The van der Waals surface area contributed by atoms with E-state index in [-0.39, 0.29) is 24.4 Å². The van der Waals surface area contributed by atoms with Gasteiger partial charge in [-0.05, 0) is 60.7 Å². The Hall–Kier alpha value is -2.56. The van der Waals surface area contributed by atoms with Crippen molar-refractivity contribution in [3.63, 3.8) is 0 Å². The second-order valence-corrected chi connectivity index (χ2v) is 9.31. The van der Waals surface area contributed by atoms with Gasteiger partial charge < -0.3 is 10.2 Å². The molecule has 1 atom stereocenters. The van der Waals surface area contributed by atoms with E-state index in [1.165, 1.54) is 0 Å². The highest BCUT2D eigenvalue weighted by Gasteiger charge is 2.29. The number of rotatable bonds is 9. The Balaban J connectivity index is 1.85. The maximum absolute atomic E-state index is 13.5. The van der Waals surface area contributed by atoms with Gasteiger partial charge in [-0.3, -0.25) is 9.59 Å². The SMILES string of the molecule is CC[C@@H](C(=O)NC(C)C)N(Cc1ccc(Cl)c(Cl)c1)C(=O)CCc1cccc2ccccc12. The molecule has 3 aromatic carbocycles. The van der Waals surface area contributed by atoms with Crippen molar-refractivity contribution < 1.29 is 9.59 Å². The quantitative estimate of drug-likeness (QED) is 0.381. The van der Waals surface area contributed by atoms with Gasteiger partial charge in [-0.15, -0.1) is 0 Å². The Labute approximate surface area is 205 Å². The zero-order valence-corrected chi connectivity index (χ0v) is 20.8. The van der Waals surface area contributed by atoms with E-state index >= 15 is 0 Å². The molecule has 0 aliphatic heterocycles. The standard InChI is InChI=1S/C27H30Cl2N2O2/c1-4-25(27(33)30-18(2)3)31(17-19-12-14-23(28)24(29)16-19)26(32)15-13-21-10-7-9-20-8-5-6-11-22(20)21/h5-12,14,16,18,25H,4,13,15,17H2,1-3H3,(H,30,33)/t25-/m0/s1. The van der Waals surface area contributed by atoms with Gasteiger partial charge in [0.05, 0.1) is 10.0 Å². The summed E-state index contributed by atoms with van der Waals surface area (Å²) in [6.45, 7) is 6.03. The molecule has 3 aromatic rings. The molecule has 0 fully saturated rings. The van der Waals surface area contributed by atoms with Crippen molar-refractivity contribution in [2.24, 2.45) is 0 Å². The number of nitrogens with one attached hydrogen (secondary N) is 1. The third-order valence-corrected chi connectivity index (χ3v) is 6.38. The maximum Gasteiger partial charge on any atom is 0.243 e. The van der Waals surface area contributed by atoms with E-state index in [9.17, 15) is 9.59 Å². The lowest BCUT2D eigenvalue weighted by Crippen LogP contribution is -2.50. The van der Waals surface area contributed by atoms with Crippen molar-refractivity contribution in [2.45, 2.75) is 58.7 Å². The van der Waals surface area contributed by atoms with E-state index in [4.69, 9.17) is 23.2 Å². The topological polar surface area (TPSA) is 49.4 Å².